The molecule has 6 aromatic rings. The van der Waals surface area contributed by atoms with E-state index in [4.69, 9.17) is 28.3 Å². The zero-order valence-electron chi connectivity index (χ0n) is 27.7. The van der Waals surface area contributed by atoms with Crippen LogP contribution in [0.3, 0.4) is 0 Å². The number of nitriles is 1. The van der Waals surface area contributed by atoms with E-state index in [1.807, 2.05) is 40.5 Å². The van der Waals surface area contributed by atoms with Crippen LogP contribution in [0.15, 0.2) is 78.6 Å². The maximum atomic E-state index is 13.9. The van der Waals surface area contributed by atoms with Crippen molar-refractivity contribution < 1.29 is 4.39 Å². The van der Waals surface area contributed by atoms with Gasteiger partial charge in [-0.1, -0.05) is 46.6 Å². The first-order valence-corrected chi connectivity index (χ1v) is 17.9. The quantitative estimate of drug-likeness (QED) is 0.160. The Kier molecular flexibility index (Phi) is 9.46. The summed E-state index contributed by atoms with van der Waals surface area (Å²) in [5.74, 6) is -0.538. The predicted octanol–water partition coefficient (Wildman–Crippen LogP) is 9.65. The summed E-state index contributed by atoms with van der Waals surface area (Å²) < 4.78 is 16.0. The fourth-order valence-corrected chi connectivity index (χ4v) is 7.48. The first-order valence-electron chi connectivity index (χ1n) is 16.2. The topological polar surface area (TPSA) is 108 Å². The first kappa shape index (κ1) is 33.9. The van der Waals surface area contributed by atoms with Gasteiger partial charge >= 0.3 is 0 Å². The van der Waals surface area contributed by atoms with Crippen LogP contribution in [-0.4, -0.2) is 48.5 Å². The summed E-state index contributed by atoms with van der Waals surface area (Å²) in [5.41, 5.74) is 5.29. The van der Waals surface area contributed by atoms with Crippen molar-refractivity contribution in [2.45, 2.75) is 51.2 Å². The summed E-state index contributed by atoms with van der Waals surface area (Å²) in [6.45, 7) is 8.76. The summed E-state index contributed by atoms with van der Waals surface area (Å²) >= 11 is 14.5. The second kappa shape index (κ2) is 14.0. The number of fused-ring (bicyclic) bond motifs is 1. The number of hydrogen-bond acceptors (Lipinski definition) is 9. The van der Waals surface area contributed by atoms with Gasteiger partial charge in [-0.2, -0.15) is 5.26 Å². The highest BCUT2D eigenvalue weighted by Crippen LogP contribution is 2.38. The molecule has 0 aliphatic carbocycles. The lowest BCUT2D eigenvalue weighted by Crippen LogP contribution is -2.46. The van der Waals surface area contributed by atoms with Crippen LogP contribution < -0.4 is 10.6 Å². The second-order valence-corrected chi connectivity index (χ2v) is 15.0. The highest BCUT2D eigenvalue weighted by molar-refractivity contribution is 7.13. The van der Waals surface area contributed by atoms with Crippen LogP contribution in [0.5, 0.6) is 0 Å². The molecule has 13 heteroatoms. The third kappa shape index (κ3) is 7.02. The molecule has 0 bridgehead atoms. The Balaban J connectivity index is 1.27. The molecule has 1 aliphatic heterocycles. The average molecular weight is 727 g/mol. The lowest BCUT2D eigenvalue weighted by atomic mass is 9.98. The second-order valence-electron chi connectivity index (χ2n) is 13.3. The van der Waals surface area contributed by atoms with E-state index in [1.54, 1.807) is 23.6 Å². The lowest BCUT2D eigenvalue weighted by molar-refractivity contribution is 0.0866. The predicted molar refractivity (Wildman–Crippen MR) is 199 cm³/mol. The number of hydrogen-bond donors (Lipinski definition) is 2. The van der Waals surface area contributed by atoms with Crippen LogP contribution in [0.25, 0.3) is 21.5 Å². The van der Waals surface area contributed by atoms with Crippen molar-refractivity contribution in [3.63, 3.8) is 0 Å². The zero-order chi connectivity index (χ0) is 35.0. The normalized spacial score (nSPS) is 14.8. The molecule has 1 saturated heterocycles. The number of aromatic nitrogens is 5. The van der Waals surface area contributed by atoms with Crippen molar-refractivity contribution in [2.75, 3.05) is 23.7 Å². The number of piperidine rings is 1. The molecule has 1 atom stereocenters. The van der Waals surface area contributed by atoms with Gasteiger partial charge in [0.1, 0.15) is 22.6 Å². The summed E-state index contributed by atoms with van der Waals surface area (Å²) in [4.78, 5) is 11.5. The van der Waals surface area contributed by atoms with Crippen LogP contribution in [0.1, 0.15) is 62.5 Å². The van der Waals surface area contributed by atoms with Crippen molar-refractivity contribution in [3.05, 3.63) is 111 Å². The molecule has 0 unspecified atom stereocenters. The van der Waals surface area contributed by atoms with Gasteiger partial charge in [-0.25, -0.2) is 14.1 Å². The van der Waals surface area contributed by atoms with Gasteiger partial charge in [0.2, 0.25) is 0 Å². The number of benzene rings is 3. The lowest BCUT2D eigenvalue weighted by Gasteiger charge is -2.40. The van der Waals surface area contributed by atoms with E-state index in [0.717, 1.165) is 47.8 Å². The number of halogens is 3. The number of pyridine rings is 1. The smallest absolute Gasteiger partial charge is 0.141 e. The maximum absolute atomic E-state index is 13.9. The van der Waals surface area contributed by atoms with Crippen molar-refractivity contribution in [1.82, 2.24) is 29.9 Å². The summed E-state index contributed by atoms with van der Waals surface area (Å²) in [6.07, 6.45) is 7.27. The van der Waals surface area contributed by atoms with Gasteiger partial charge in [-0.05, 0) is 75.6 Å². The monoisotopic (exact) mass is 725 g/mol. The Morgan fingerprint density at radius 2 is 1.82 bits per heavy atom. The van der Waals surface area contributed by atoms with Crippen LogP contribution in [0.2, 0.25) is 10.0 Å². The molecule has 7 rings (SSSR count). The molecule has 3 aromatic heterocycles. The van der Waals surface area contributed by atoms with E-state index < -0.39 is 11.9 Å². The number of likely N-dealkylation sites (tertiary alicyclic amines) is 1. The highest BCUT2D eigenvalue weighted by atomic mass is 35.5. The zero-order valence-corrected chi connectivity index (χ0v) is 30.0. The van der Waals surface area contributed by atoms with Crippen LogP contribution in [0.4, 0.5) is 21.5 Å². The molecule has 0 saturated carbocycles. The number of rotatable bonds is 8. The van der Waals surface area contributed by atoms with Gasteiger partial charge in [0.25, 0.3) is 0 Å². The number of nitrogens with one attached hydrogen (secondary N) is 2. The molecule has 254 valence electrons. The Hall–Kier alpha value is -4.60. The minimum absolute atomic E-state index is 0.0390. The molecule has 50 heavy (non-hydrogen) atoms. The van der Waals surface area contributed by atoms with E-state index in [0.29, 0.717) is 38.6 Å². The minimum atomic E-state index is -0.538. The van der Waals surface area contributed by atoms with Gasteiger partial charge in [-0.15, -0.1) is 16.4 Å². The Morgan fingerprint density at radius 3 is 2.54 bits per heavy atom. The Labute approximate surface area is 303 Å². The van der Waals surface area contributed by atoms with Gasteiger partial charge in [0, 0.05) is 58.7 Å². The Morgan fingerprint density at radius 1 is 1.02 bits per heavy atom. The van der Waals surface area contributed by atoms with E-state index in [2.05, 4.69) is 69.7 Å². The van der Waals surface area contributed by atoms with Crippen LogP contribution in [-0.2, 0) is 0 Å². The number of anilines is 3. The van der Waals surface area contributed by atoms with E-state index in [1.165, 1.54) is 18.3 Å². The highest BCUT2D eigenvalue weighted by Gasteiger charge is 2.29. The molecule has 9 nitrogen and oxygen atoms in total. The minimum Gasteiger partial charge on any atom is -0.373 e. The molecule has 3 aromatic carbocycles. The van der Waals surface area contributed by atoms with Crippen molar-refractivity contribution in [3.8, 4) is 16.6 Å². The van der Waals surface area contributed by atoms with Crippen LogP contribution in [0, 0.1) is 17.1 Å². The summed E-state index contributed by atoms with van der Waals surface area (Å²) in [7, 11) is 0. The average Bonchev–Trinajstić information content (AvgIpc) is 3.83. The van der Waals surface area contributed by atoms with Gasteiger partial charge < -0.3 is 10.6 Å². The fourth-order valence-electron chi connectivity index (χ4n) is 6.39. The molecule has 1 fully saturated rings. The standard InChI is InChI=1S/C37H34Cl2FN9S/c1-37(2,3)48-12-9-27(10-13-48)49-21-32(46-47-49)34(22-5-4-6-23(15-22)36-42-11-14-50-36)45-26-16-28-33(44-25-7-8-31(40)29(38)17-25)24(19-41)20-43-35(28)30(39)18-26/h4-8,11,14-18,20-21,27,34,45H,9-10,12-13H2,1-3H3,(H,43,44)/t34-/m0/s1. The number of nitrogens with zero attached hydrogens (tertiary/aromatic N) is 7. The van der Waals surface area contributed by atoms with E-state index in [9.17, 15) is 9.65 Å². The summed E-state index contributed by atoms with van der Waals surface area (Å²) in [6, 6.07) is 18.3. The molecular weight excluding hydrogens is 692 g/mol. The molecule has 0 radical (unpaired) electrons. The largest absolute Gasteiger partial charge is 0.373 e. The van der Waals surface area contributed by atoms with Gasteiger partial charge in [0.15, 0.2) is 0 Å². The van der Waals surface area contributed by atoms with Crippen molar-refractivity contribution in [2.24, 2.45) is 0 Å². The molecule has 0 spiro atoms. The molecule has 2 N–H and O–H groups in total. The maximum Gasteiger partial charge on any atom is 0.141 e. The fraction of sp³-hybridized carbons (Fsp3) is 0.270. The molecule has 0 amide bonds. The number of thiazole rings is 1. The first-order chi connectivity index (χ1) is 24.1. The van der Waals surface area contributed by atoms with E-state index >= 15 is 0 Å². The van der Waals surface area contributed by atoms with Crippen LogP contribution >= 0.6 is 34.5 Å². The van der Waals surface area contributed by atoms with Gasteiger partial charge in [-0.3, -0.25) is 9.88 Å². The molecular formula is C37H34Cl2FN9S. The van der Waals surface area contributed by atoms with Crippen molar-refractivity contribution >= 4 is 62.5 Å². The third-order valence-electron chi connectivity index (χ3n) is 9.06. The summed E-state index contributed by atoms with van der Waals surface area (Å²) in [5, 5.41) is 30.1. The van der Waals surface area contributed by atoms with Gasteiger partial charge in [0.05, 0.1) is 45.1 Å². The molecule has 1 aliphatic rings. The van der Waals surface area contributed by atoms with E-state index in [-0.39, 0.29) is 16.6 Å². The third-order valence-corrected chi connectivity index (χ3v) is 10.5. The molecule has 4 heterocycles. The Bertz CT molecular complexity index is 2200. The van der Waals surface area contributed by atoms with Crippen molar-refractivity contribution in [1.29, 1.82) is 5.26 Å². The SMILES string of the molecule is CC(C)(C)N1CCC(n2cc([C@@H](Nc3cc(Cl)c4ncc(C#N)c(Nc5ccc(F)c(Cl)c5)c4c3)c3cccc(-c4nccs4)c3)nn2)CC1.